The van der Waals surface area contributed by atoms with Crippen molar-refractivity contribution in [3.05, 3.63) is 40.9 Å². The van der Waals surface area contributed by atoms with Crippen molar-refractivity contribution in [2.45, 2.75) is 6.54 Å². The summed E-state index contributed by atoms with van der Waals surface area (Å²) in [4.78, 5) is 19.9. The Balaban J connectivity index is 2.73. The van der Waals surface area contributed by atoms with Crippen LogP contribution in [0.4, 0.5) is 0 Å². The van der Waals surface area contributed by atoms with Crippen molar-refractivity contribution in [1.29, 1.82) is 0 Å². The lowest BCUT2D eigenvalue weighted by Gasteiger charge is -2.14. The Morgan fingerprint density at radius 3 is 2.76 bits per heavy atom. The van der Waals surface area contributed by atoms with E-state index in [0.717, 1.165) is 0 Å². The molecule has 0 aliphatic carbocycles. The lowest BCUT2D eigenvalue weighted by molar-refractivity contribution is 0.0601. The number of nitrogens with zero attached hydrogens (tertiary/aromatic N) is 2. The highest BCUT2D eigenvalue weighted by molar-refractivity contribution is 6.29. The third-order valence-electron chi connectivity index (χ3n) is 2.93. The van der Waals surface area contributed by atoms with Gasteiger partial charge in [0.1, 0.15) is 10.9 Å². The molecular formula is C14H14ClN3O3. The number of methoxy groups -OCH3 is 2. The zero-order valence-electron chi connectivity index (χ0n) is 11.6. The van der Waals surface area contributed by atoms with Gasteiger partial charge in [0, 0.05) is 30.1 Å². The third-order valence-corrected chi connectivity index (χ3v) is 3.12. The number of ether oxygens (including phenoxy) is 2. The van der Waals surface area contributed by atoms with Gasteiger partial charge in [-0.15, -0.1) is 0 Å². The van der Waals surface area contributed by atoms with E-state index in [2.05, 4.69) is 9.97 Å². The van der Waals surface area contributed by atoms with E-state index in [4.69, 9.17) is 26.8 Å². The Bertz CT molecular complexity index is 677. The normalized spacial score (nSPS) is 10.3. The molecule has 0 spiro atoms. The van der Waals surface area contributed by atoms with E-state index in [0.29, 0.717) is 28.1 Å². The fourth-order valence-corrected chi connectivity index (χ4v) is 2.23. The van der Waals surface area contributed by atoms with Gasteiger partial charge in [-0.25, -0.2) is 9.78 Å². The van der Waals surface area contributed by atoms with Crippen LogP contribution in [0, 0.1) is 0 Å². The minimum atomic E-state index is -0.498. The van der Waals surface area contributed by atoms with Gasteiger partial charge < -0.3 is 15.2 Å². The van der Waals surface area contributed by atoms with Gasteiger partial charge in [0.05, 0.1) is 25.5 Å². The summed E-state index contributed by atoms with van der Waals surface area (Å²) in [6.45, 7) is 0.162. The van der Waals surface area contributed by atoms with E-state index in [-0.39, 0.29) is 11.7 Å². The molecule has 0 aliphatic rings. The van der Waals surface area contributed by atoms with E-state index in [1.165, 1.54) is 20.4 Å². The van der Waals surface area contributed by atoms with Gasteiger partial charge in [-0.3, -0.25) is 4.98 Å². The summed E-state index contributed by atoms with van der Waals surface area (Å²) < 4.78 is 10.1. The largest absolute Gasteiger partial charge is 0.494 e. The first-order valence-corrected chi connectivity index (χ1v) is 6.46. The minimum absolute atomic E-state index is 0.162. The molecule has 7 heteroatoms. The quantitative estimate of drug-likeness (QED) is 0.687. The van der Waals surface area contributed by atoms with Gasteiger partial charge in [-0.05, 0) is 12.1 Å². The molecule has 2 heterocycles. The monoisotopic (exact) mass is 307 g/mol. The maximum Gasteiger partial charge on any atom is 0.340 e. The molecule has 0 atom stereocenters. The number of hydrogen-bond donors (Lipinski definition) is 1. The highest BCUT2D eigenvalue weighted by atomic mass is 35.5. The molecule has 0 aliphatic heterocycles. The van der Waals surface area contributed by atoms with E-state index >= 15 is 0 Å². The van der Waals surface area contributed by atoms with E-state index < -0.39 is 5.97 Å². The van der Waals surface area contributed by atoms with Gasteiger partial charge in [-0.1, -0.05) is 11.6 Å². The summed E-state index contributed by atoms with van der Waals surface area (Å²) in [7, 11) is 2.81. The molecule has 0 saturated carbocycles. The number of nitrogens with two attached hydrogens (primary N) is 1. The Kier molecular flexibility index (Phi) is 4.72. The van der Waals surface area contributed by atoms with Gasteiger partial charge in [0.25, 0.3) is 0 Å². The summed E-state index contributed by atoms with van der Waals surface area (Å²) in [5, 5.41) is 0.263. The third kappa shape index (κ3) is 2.96. The number of aromatic nitrogens is 2. The summed E-state index contributed by atoms with van der Waals surface area (Å²) in [5.41, 5.74) is 7.68. The molecule has 0 bridgehead atoms. The number of halogens is 1. The van der Waals surface area contributed by atoms with Crippen LogP contribution in [0.25, 0.3) is 11.1 Å². The zero-order chi connectivity index (χ0) is 15.4. The lowest BCUT2D eigenvalue weighted by atomic mass is 10.0. The first-order chi connectivity index (χ1) is 10.1. The summed E-state index contributed by atoms with van der Waals surface area (Å²) in [5.74, 6) is -0.0272. The molecule has 0 unspecified atom stereocenters. The first-order valence-electron chi connectivity index (χ1n) is 6.08. The van der Waals surface area contributed by atoms with Crippen LogP contribution in [0.5, 0.6) is 5.75 Å². The van der Waals surface area contributed by atoms with Crippen molar-refractivity contribution in [3.63, 3.8) is 0 Å². The SMILES string of the molecule is COC(=O)c1cnccc1-c1cc(Cl)nc(CN)c1OC. The number of rotatable bonds is 4. The highest BCUT2D eigenvalue weighted by Gasteiger charge is 2.19. The Hall–Kier alpha value is -2.18. The first kappa shape index (κ1) is 15.2. The second-order valence-electron chi connectivity index (χ2n) is 4.09. The average Bonchev–Trinajstić information content (AvgIpc) is 2.53. The van der Waals surface area contributed by atoms with Crippen LogP contribution < -0.4 is 10.5 Å². The molecule has 0 radical (unpaired) electrons. The van der Waals surface area contributed by atoms with Crippen LogP contribution in [0.2, 0.25) is 5.15 Å². The van der Waals surface area contributed by atoms with E-state index in [1.807, 2.05) is 0 Å². The highest BCUT2D eigenvalue weighted by Crippen LogP contribution is 2.36. The van der Waals surface area contributed by atoms with Crippen molar-refractivity contribution in [1.82, 2.24) is 9.97 Å². The zero-order valence-corrected chi connectivity index (χ0v) is 12.3. The molecular weight excluding hydrogens is 294 g/mol. The van der Waals surface area contributed by atoms with Crippen molar-refractivity contribution in [2.24, 2.45) is 5.73 Å². The smallest absolute Gasteiger partial charge is 0.340 e. The number of pyridine rings is 2. The molecule has 2 aromatic heterocycles. The van der Waals surface area contributed by atoms with Crippen LogP contribution in [0.3, 0.4) is 0 Å². The molecule has 0 amide bonds. The standard InChI is InChI=1S/C14H14ClN3O3/c1-20-13-9(5-12(15)18-11(13)6-16)8-3-4-17-7-10(8)14(19)21-2/h3-5,7H,6,16H2,1-2H3. The molecule has 2 rings (SSSR count). The Morgan fingerprint density at radius 2 is 2.14 bits per heavy atom. The Labute approximate surface area is 126 Å². The van der Waals surface area contributed by atoms with Gasteiger partial charge in [-0.2, -0.15) is 0 Å². The predicted octanol–water partition coefficient (Wildman–Crippen LogP) is 2.05. The number of carbonyl (C=O) groups is 1. The maximum absolute atomic E-state index is 11.9. The molecule has 6 nitrogen and oxygen atoms in total. The fraction of sp³-hybridized carbons (Fsp3) is 0.214. The van der Waals surface area contributed by atoms with E-state index in [9.17, 15) is 4.79 Å². The van der Waals surface area contributed by atoms with Gasteiger partial charge >= 0.3 is 5.97 Å². The van der Waals surface area contributed by atoms with Crippen LogP contribution in [-0.2, 0) is 11.3 Å². The summed E-state index contributed by atoms with van der Waals surface area (Å²) in [6.07, 6.45) is 2.99. The topological polar surface area (TPSA) is 87.3 Å². The second kappa shape index (κ2) is 6.51. The molecule has 110 valence electrons. The minimum Gasteiger partial charge on any atom is -0.494 e. The number of hydrogen-bond acceptors (Lipinski definition) is 6. The van der Waals surface area contributed by atoms with E-state index in [1.54, 1.807) is 18.3 Å². The maximum atomic E-state index is 11.9. The van der Waals surface area contributed by atoms with Crippen LogP contribution in [-0.4, -0.2) is 30.2 Å². The van der Waals surface area contributed by atoms with Crippen molar-refractivity contribution in [3.8, 4) is 16.9 Å². The second-order valence-corrected chi connectivity index (χ2v) is 4.48. The van der Waals surface area contributed by atoms with Crippen LogP contribution in [0.15, 0.2) is 24.5 Å². The van der Waals surface area contributed by atoms with Crippen molar-refractivity contribution >= 4 is 17.6 Å². The summed E-state index contributed by atoms with van der Waals surface area (Å²) in [6, 6.07) is 3.29. The summed E-state index contributed by atoms with van der Waals surface area (Å²) >= 11 is 6.02. The Morgan fingerprint density at radius 1 is 1.38 bits per heavy atom. The van der Waals surface area contributed by atoms with Gasteiger partial charge in [0.2, 0.25) is 0 Å². The molecule has 0 saturated heterocycles. The molecule has 0 fully saturated rings. The van der Waals surface area contributed by atoms with Crippen LogP contribution >= 0.6 is 11.6 Å². The fourth-order valence-electron chi connectivity index (χ4n) is 2.02. The van der Waals surface area contributed by atoms with Crippen molar-refractivity contribution in [2.75, 3.05) is 14.2 Å². The molecule has 21 heavy (non-hydrogen) atoms. The van der Waals surface area contributed by atoms with Crippen LogP contribution in [0.1, 0.15) is 16.1 Å². The molecule has 2 N–H and O–H groups in total. The molecule has 0 aromatic carbocycles. The average molecular weight is 308 g/mol. The molecule has 2 aromatic rings. The van der Waals surface area contributed by atoms with Gasteiger partial charge in [0.15, 0.2) is 0 Å². The number of carbonyl (C=O) groups excluding carboxylic acids is 1. The predicted molar refractivity (Wildman–Crippen MR) is 78.3 cm³/mol. The van der Waals surface area contributed by atoms with Crippen molar-refractivity contribution < 1.29 is 14.3 Å². The number of esters is 1. The lowest BCUT2D eigenvalue weighted by Crippen LogP contribution is -2.07.